The fourth-order valence-corrected chi connectivity index (χ4v) is 2.29. The van der Waals surface area contributed by atoms with E-state index in [9.17, 15) is 9.59 Å². The molecule has 0 unspecified atom stereocenters. The van der Waals surface area contributed by atoms with Gasteiger partial charge in [0.15, 0.2) is 0 Å². The van der Waals surface area contributed by atoms with Gasteiger partial charge in [-0.25, -0.2) is 0 Å². The molecule has 1 rings (SSSR count). The van der Waals surface area contributed by atoms with Gasteiger partial charge in [0.1, 0.15) is 0 Å². The number of rotatable bonds is 6. The lowest BCUT2D eigenvalue weighted by Crippen LogP contribution is -2.31. The highest BCUT2D eigenvalue weighted by Crippen LogP contribution is 2.19. The van der Waals surface area contributed by atoms with Crippen LogP contribution in [0.1, 0.15) is 30.1 Å². The molecule has 0 saturated carbocycles. The molecular weight excluding hydrogens is 332 g/mol. The highest BCUT2D eigenvalue weighted by Gasteiger charge is 2.08. The molecule has 2 N–H and O–H groups in total. The van der Waals surface area contributed by atoms with Gasteiger partial charge in [-0.15, -0.1) is 0 Å². The van der Waals surface area contributed by atoms with Gasteiger partial charge in [-0.05, 0) is 24.6 Å². The normalized spacial score (nSPS) is 10.1. The number of nitrogens with one attached hydrogen (secondary N) is 2. The molecule has 0 saturated heterocycles. The Morgan fingerprint density at radius 1 is 1.21 bits per heavy atom. The Kier molecular flexibility index (Phi) is 6.87. The first-order valence-electron chi connectivity index (χ1n) is 6.04. The van der Waals surface area contributed by atoms with Crippen molar-refractivity contribution in [3.63, 3.8) is 0 Å². The zero-order valence-electron chi connectivity index (χ0n) is 10.6. The van der Waals surface area contributed by atoms with Gasteiger partial charge < -0.3 is 10.6 Å². The van der Waals surface area contributed by atoms with E-state index >= 15 is 0 Å². The number of hydrogen-bond acceptors (Lipinski definition) is 2. The third-order valence-electron chi connectivity index (χ3n) is 2.33. The summed E-state index contributed by atoms with van der Waals surface area (Å²) < 4.78 is 0.742. The van der Waals surface area contributed by atoms with E-state index < -0.39 is 0 Å². The van der Waals surface area contributed by atoms with Crippen molar-refractivity contribution in [1.82, 2.24) is 10.6 Å². The van der Waals surface area contributed by atoms with E-state index in [1.807, 2.05) is 6.92 Å². The second kappa shape index (κ2) is 8.17. The largest absolute Gasteiger partial charge is 0.356 e. The summed E-state index contributed by atoms with van der Waals surface area (Å²) in [4.78, 5) is 23.2. The van der Waals surface area contributed by atoms with Gasteiger partial charge >= 0.3 is 0 Å². The molecule has 0 aliphatic heterocycles. The number of hydrogen-bond donors (Lipinski definition) is 2. The second-order valence-corrected chi connectivity index (χ2v) is 5.37. The summed E-state index contributed by atoms with van der Waals surface area (Å²) >= 11 is 9.13. The summed E-state index contributed by atoms with van der Waals surface area (Å²) in [5, 5.41) is 5.91. The lowest BCUT2D eigenvalue weighted by atomic mass is 10.2. The first kappa shape index (κ1) is 16.0. The highest BCUT2D eigenvalue weighted by molar-refractivity contribution is 9.10. The van der Waals surface area contributed by atoms with Crippen molar-refractivity contribution in [3.05, 3.63) is 33.3 Å². The van der Waals surface area contributed by atoms with Gasteiger partial charge in [0.05, 0.1) is 0 Å². The SMILES string of the molecule is CCCNC(=O)CCNC(=O)c1cc(Cl)cc(Br)c1. The van der Waals surface area contributed by atoms with Crippen LogP contribution < -0.4 is 10.6 Å². The minimum atomic E-state index is -0.244. The molecule has 1 aromatic carbocycles. The maximum Gasteiger partial charge on any atom is 0.251 e. The Bertz CT molecular complexity index is 446. The van der Waals surface area contributed by atoms with Crippen LogP contribution in [0.3, 0.4) is 0 Å². The quantitative estimate of drug-likeness (QED) is 0.831. The van der Waals surface area contributed by atoms with Gasteiger partial charge in [0, 0.05) is 34.6 Å². The molecule has 0 aromatic heterocycles. The van der Waals surface area contributed by atoms with Crippen LogP contribution in [-0.2, 0) is 4.79 Å². The smallest absolute Gasteiger partial charge is 0.251 e. The minimum Gasteiger partial charge on any atom is -0.356 e. The fourth-order valence-electron chi connectivity index (χ4n) is 1.43. The van der Waals surface area contributed by atoms with Crippen LogP contribution in [0.5, 0.6) is 0 Å². The Hall–Kier alpha value is -1.07. The van der Waals surface area contributed by atoms with Crippen LogP contribution in [0.2, 0.25) is 5.02 Å². The molecule has 19 heavy (non-hydrogen) atoms. The summed E-state index contributed by atoms with van der Waals surface area (Å²) in [6.07, 6.45) is 1.17. The monoisotopic (exact) mass is 346 g/mol. The Labute approximate surface area is 126 Å². The number of benzene rings is 1. The molecule has 2 amide bonds. The van der Waals surface area contributed by atoms with E-state index in [4.69, 9.17) is 11.6 Å². The van der Waals surface area contributed by atoms with E-state index in [0.717, 1.165) is 10.9 Å². The molecule has 4 nitrogen and oxygen atoms in total. The van der Waals surface area contributed by atoms with Crippen LogP contribution in [0, 0.1) is 0 Å². The molecule has 104 valence electrons. The molecule has 0 bridgehead atoms. The molecule has 0 radical (unpaired) electrons. The lowest BCUT2D eigenvalue weighted by molar-refractivity contribution is -0.120. The Morgan fingerprint density at radius 3 is 2.58 bits per heavy atom. The summed E-state index contributed by atoms with van der Waals surface area (Å²) in [5.74, 6) is -0.305. The molecular formula is C13H16BrClN2O2. The zero-order valence-corrected chi connectivity index (χ0v) is 13.0. The molecule has 0 spiro atoms. The van der Waals surface area contributed by atoms with E-state index in [-0.39, 0.29) is 18.2 Å². The average Bonchev–Trinajstić information content (AvgIpc) is 2.35. The van der Waals surface area contributed by atoms with Gasteiger partial charge in [-0.2, -0.15) is 0 Å². The van der Waals surface area contributed by atoms with Crippen LogP contribution in [0.4, 0.5) is 0 Å². The molecule has 0 fully saturated rings. The standard InChI is InChI=1S/C13H16BrClN2O2/c1-2-4-16-12(18)3-5-17-13(19)9-6-10(14)8-11(15)7-9/h6-8H,2-5H2,1H3,(H,16,18)(H,17,19). The van der Waals surface area contributed by atoms with Gasteiger partial charge in [0.25, 0.3) is 5.91 Å². The minimum absolute atomic E-state index is 0.0607. The molecule has 0 atom stereocenters. The summed E-state index contributed by atoms with van der Waals surface area (Å²) in [7, 11) is 0. The first-order chi connectivity index (χ1) is 9.02. The summed E-state index contributed by atoms with van der Waals surface area (Å²) in [5.41, 5.74) is 0.466. The van der Waals surface area contributed by atoms with E-state index in [1.165, 1.54) is 0 Å². The van der Waals surface area contributed by atoms with Crippen molar-refractivity contribution in [3.8, 4) is 0 Å². The number of carbonyl (C=O) groups excluding carboxylic acids is 2. The summed E-state index contributed by atoms with van der Waals surface area (Å²) in [6.45, 7) is 2.95. The van der Waals surface area contributed by atoms with Crippen molar-refractivity contribution in [2.24, 2.45) is 0 Å². The van der Waals surface area contributed by atoms with Crippen LogP contribution in [0.15, 0.2) is 22.7 Å². The van der Waals surface area contributed by atoms with Gasteiger partial charge in [-0.3, -0.25) is 9.59 Å². The van der Waals surface area contributed by atoms with Crippen molar-refractivity contribution < 1.29 is 9.59 Å². The molecule has 0 aliphatic carbocycles. The molecule has 6 heteroatoms. The summed E-state index contributed by atoms with van der Waals surface area (Å²) in [6, 6.07) is 4.97. The van der Waals surface area contributed by atoms with Crippen LogP contribution in [0.25, 0.3) is 0 Å². The predicted octanol–water partition coefficient (Wildman–Crippen LogP) is 2.75. The third kappa shape index (κ3) is 6.07. The predicted molar refractivity (Wildman–Crippen MR) is 79.4 cm³/mol. The van der Waals surface area contributed by atoms with Crippen molar-refractivity contribution in [2.75, 3.05) is 13.1 Å². The van der Waals surface area contributed by atoms with Gasteiger partial charge in [0.2, 0.25) is 5.91 Å². The van der Waals surface area contributed by atoms with Crippen LogP contribution in [-0.4, -0.2) is 24.9 Å². The second-order valence-electron chi connectivity index (χ2n) is 4.01. The topological polar surface area (TPSA) is 58.2 Å². The maximum atomic E-state index is 11.8. The first-order valence-corrected chi connectivity index (χ1v) is 7.21. The molecule has 0 heterocycles. The third-order valence-corrected chi connectivity index (χ3v) is 3.01. The van der Waals surface area contributed by atoms with E-state index in [1.54, 1.807) is 18.2 Å². The maximum absolute atomic E-state index is 11.8. The zero-order chi connectivity index (χ0) is 14.3. The van der Waals surface area contributed by atoms with Gasteiger partial charge in [-0.1, -0.05) is 34.5 Å². The van der Waals surface area contributed by atoms with Crippen molar-refractivity contribution in [2.45, 2.75) is 19.8 Å². The Balaban J connectivity index is 2.41. The molecule has 1 aromatic rings. The number of halogens is 2. The highest BCUT2D eigenvalue weighted by atomic mass is 79.9. The molecule has 0 aliphatic rings. The lowest BCUT2D eigenvalue weighted by Gasteiger charge is -2.06. The fraction of sp³-hybridized carbons (Fsp3) is 0.385. The van der Waals surface area contributed by atoms with Crippen molar-refractivity contribution >= 4 is 39.3 Å². The number of amides is 2. The van der Waals surface area contributed by atoms with E-state index in [0.29, 0.717) is 23.7 Å². The van der Waals surface area contributed by atoms with Crippen LogP contribution >= 0.6 is 27.5 Å². The Morgan fingerprint density at radius 2 is 1.95 bits per heavy atom. The van der Waals surface area contributed by atoms with E-state index in [2.05, 4.69) is 26.6 Å². The average molecular weight is 348 g/mol. The van der Waals surface area contributed by atoms with Crippen molar-refractivity contribution in [1.29, 1.82) is 0 Å². The number of carbonyl (C=O) groups is 2.